The molecule has 3 N–H and O–H groups in total. The molecule has 1 unspecified atom stereocenters. The zero-order valence-electron chi connectivity index (χ0n) is 13.4. The minimum absolute atomic E-state index is 0. The zero-order chi connectivity index (χ0) is 15.1. The molecule has 1 aliphatic rings. The first-order chi connectivity index (χ1) is 10.2. The van der Waals surface area contributed by atoms with Gasteiger partial charge in [0, 0.05) is 26.2 Å². The Bertz CT molecular complexity index is 467. The van der Waals surface area contributed by atoms with Crippen molar-refractivity contribution in [3.8, 4) is 0 Å². The predicted molar refractivity (Wildman–Crippen MR) is 93.1 cm³/mol. The van der Waals surface area contributed by atoms with Crippen LogP contribution in [0.3, 0.4) is 0 Å². The molecule has 0 aromatic heterocycles. The molecule has 4 nitrogen and oxygen atoms in total. The highest BCUT2D eigenvalue weighted by molar-refractivity contribution is 5.85. The van der Waals surface area contributed by atoms with Crippen molar-refractivity contribution in [3.63, 3.8) is 0 Å². The third kappa shape index (κ3) is 5.27. The lowest BCUT2D eigenvalue weighted by atomic mass is 9.96. The average Bonchev–Trinajstić information content (AvgIpc) is 2.53. The maximum absolute atomic E-state index is 12.1. The molecule has 22 heavy (non-hydrogen) atoms. The first-order valence-electron chi connectivity index (χ1n) is 8.01. The summed E-state index contributed by atoms with van der Waals surface area (Å²) in [7, 11) is 0. The summed E-state index contributed by atoms with van der Waals surface area (Å²) in [5.41, 5.74) is 8.24. The molecule has 5 heteroatoms. The summed E-state index contributed by atoms with van der Waals surface area (Å²) < 4.78 is 0. The molecule has 1 saturated heterocycles. The summed E-state index contributed by atoms with van der Waals surface area (Å²) >= 11 is 0. The van der Waals surface area contributed by atoms with Crippen LogP contribution in [0.4, 0.5) is 0 Å². The second-order valence-corrected chi connectivity index (χ2v) is 5.78. The smallest absolute Gasteiger partial charge is 0.224 e. The van der Waals surface area contributed by atoms with Crippen molar-refractivity contribution in [1.82, 2.24) is 10.2 Å². The highest BCUT2D eigenvalue weighted by atomic mass is 35.5. The Kier molecular flexibility index (Phi) is 8.46. The van der Waals surface area contributed by atoms with Crippen molar-refractivity contribution < 1.29 is 4.79 Å². The molecule has 0 radical (unpaired) electrons. The van der Waals surface area contributed by atoms with Gasteiger partial charge < -0.3 is 11.1 Å². The lowest BCUT2D eigenvalue weighted by Crippen LogP contribution is -2.43. The van der Waals surface area contributed by atoms with Crippen molar-refractivity contribution in [2.24, 2.45) is 11.7 Å². The largest absolute Gasteiger partial charge is 0.355 e. The SMILES string of the molecule is CCc1ccccc1CN1CCCC(C(=O)NCCN)C1.Cl. The predicted octanol–water partition coefficient (Wildman–Crippen LogP) is 1.96. The summed E-state index contributed by atoms with van der Waals surface area (Å²) in [4.78, 5) is 14.5. The fraction of sp³-hybridized carbons (Fsp3) is 0.588. The van der Waals surface area contributed by atoms with Crippen LogP contribution in [0, 0.1) is 5.92 Å². The number of nitrogens with two attached hydrogens (primary N) is 1. The zero-order valence-corrected chi connectivity index (χ0v) is 14.2. The maximum atomic E-state index is 12.1. The molecule has 0 saturated carbocycles. The summed E-state index contributed by atoms with van der Waals surface area (Å²) in [5.74, 6) is 0.271. The molecule has 0 aliphatic carbocycles. The van der Waals surface area contributed by atoms with Crippen molar-refractivity contribution >= 4 is 18.3 Å². The Morgan fingerprint density at radius 2 is 2.09 bits per heavy atom. The van der Waals surface area contributed by atoms with Crippen LogP contribution in [-0.2, 0) is 17.8 Å². The Morgan fingerprint density at radius 3 is 2.77 bits per heavy atom. The van der Waals surface area contributed by atoms with Gasteiger partial charge in [0.25, 0.3) is 0 Å². The second-order valence-electron chi connectivity index (χ2n) is 5.78. The number of benzene rings is 1. The van der Waals surface area contributed by atoms with Gasteiger partial charge in [0.2, 0.25) is 5.91 Å². The van der Waals surface area contributed by atoms with E-state index in [4.69, 9.17) is 5.73 Å². The molecule has 1 atom stereocenters. The summed E-state index contributed by atoms with van der Waals surface area (Å²) in [6, 6.07) is 8.60. The number of hydrogen-bond donors (Lipinski definition) is 2. The lowest BCUT2D eigenvalue weighted by Gasteiger charge is -2.32. The van der Waals surface area contributed by atoms with Gasteiger partial charge in [-0.25, -0.2) is 0 Å². The van der Waals surface area contributed by atoms with Crippen LogP contribution in [0.5, 0.6) is 0 Å². The number of nitrogens with one attached hydrogen (secondary N) is 1. The molecule has 1 fully saturated rings. The van der Waals surface area contributed by atoms with Crippen molar-refractivity contribution in [1.29, 1.82) is 0 Å². The Morgan fingerprint density at radius 1 is 1.36 bits per heavy atom. The normalized spacial score (nSPS) is 18.5. The first-order valence-corrected chi connectivity index (χ1v) is 8.01. The van der Waals surface area contributed by atoms with Gasteiger partial charge in [-0.1, -0.05) is 31.2 Å². The number of hydrogen-bond acceptors (Lipinski definition) is 3. The fourth-order valence-corrected chi connectivity index (χ4v) is 3.05. The Hall–Kier alpha value is -1.10. The van der Waals surface area contributed by atoms with E-state index in [-0.39, 0.29) is 24.2 Å². The van der Waals surface area contributed by atoms with E-state index in [1.807, 2.05) is 0 Å². The standard InChI is InChI=1S/C17H27N3O.ClH/c1-2-14-6-3-4-7-15(14)12-20-11-5-8-16(13-20)17(21)19-10-9-18;/h3-4,6-7,16H,2,5,8-13,18H2,1H3,(H,19,21);1H. The molecule has 124 valence electrons. The molecule has 2 rings (SSSR count). The van der Waals surface area contributed by atoms with Gasteiger partial charge in [0.1, 0.15) is 0 Å². The van der Waals surface area contributed by atoms with Gasteiger partial charge in [-0.2, -0.15) is 0 Å². The molecule has 0 bridgehead atoms. The van der Waals surface area contributed by atoms with Crippen LogP contribution in [-0.4, -0.2) is 37.0 Å². The van der Waals surface area contributed by atoms with Crippen LogP contribution in [0.25, 0.3) is 0 Å². The molecule has 0 spiro atoms. The maximum Gasteiger partial charge on any atom is 0.224 e. The van der Waals surface area contributed by atoms with Gasteiger partial charge in [-0.3, -0.25) is 9.69 Å². The van der Waals surface area contributed by atoms with E-state index < -0.39 is 0 Å². The molecule has 1 aliphatic heterocycles. The van der Waals surface area contributed by atoms with Gasteiger partial charge in [0.15, 0.2) is 0 Å². The molecule has 1 amide bonds. The van der Waals surface area contributed by atoms with E-state index in [1.165, 1.54) is 11.1 Å². The van der Waals surface area contributed by atoms with Gasteiger partial charge in [-0.05, 0) is 36.9 Å². The number of carbonyl (C=O) groups is 1. The highest BCUT2D eigenvalue weighted by Crippen LogP contribution is 2.20. The quantitative estimate of drug-likeness (QED) is 0.840. The van der Waals surface area contributed by atoms with E-state index in [0.29, 0.717) is 13.1 Å². The number of piperidine rings is 1. The highest BCUT2D eigenvalue weighted by Gasteiger charge is 2.25. The van der Waals surface area contributed by atoms with Crippen molar-refractivity contribution in [2.75, 3.05) is 26.2 Å². The topological polar surface area (TPSA) is 58.4 Å². The number of carbonyl (C=O) groups excluding carboxylic acids is 1. The van der Waals surface area contributed by atoms with E-state index in [0.717, 1.165) is 38.9 Å². The number of likely N-dealkylation sites (tertiary alicyclic amines) is 1. The number of halogens is 1. The summed E-state index contributed by atoms with van der Waals surface area (Å²) in [5, 5.41) is 2.92. The van der Waals surface area contributed by atoms with Crippen molar-refractivity contribution in [3.05, 3.63) is 35.4 Å². The number of nitrogens with zero attached hydrogens (tertiary/aromatic N) is 1. The third-order valence-corrected chi connectivity index (χ3v) is 4.21. The lowest BCUT2D eigenvalue weighted by molar-refractivity contribution is -0.126. The van der Waals surface area contributed by atoms with E-state index in [2.05, 4.69) is 41.4 Å². The number of aryl methyl sites for hydroxylation is 1. The summed E-state index contributed by atoms with van der Waals surface area (Å²) in [6.07, 6.45) is 3.14. The van der Waals surface area contributed by atoms with Crippen LogP contribution >= 0.6 is 12.4 Å². The first kappa shape index (κ1) is 18.9. The minimum atomic E-state index is 0. The minimum Gasteiger partial charge on any atom is -0.355 e. The van der Waals surface area contributed by atoms with Crippen LogP contribution < -0.4 is 11.1 Å². The molecular formula is C17H28ClN3O. The van der Waals surface area contributed by atoms with Crippen LogP contribution in [0.1, 0.15) is 30.9 Å². The second kappa shape index (κ2) is 9.82. The van der Waals surface area contributed by atoms with E-state index in [9.17, 15) is 4.79 Å². The van der Waals surface area contributed by atoms with E-state index in [1.54, 1.807) is 0 Å². The van der Waals surface area contributed by atoms with Crippen molar-refractivity contribution in [2.45, 2.75) is 32.7 Å². The number of rotatable bonds is 6. The summed E-state index contributed by atoms with van der Waals surface area (Å²) in [6.45, 7) is 6.16. The Labute approximate surface area is 139 Å². The van der Waals surface area contributed by atoms with Crippen LogP contribution in [0.2, 0.25) is 0 Å². The number of amides is 1. The molecular weight excluding hydrogens is 298 g/mol. The fourth-order valence-electron chi connectivity index (χ4n) is 3.05. The third-order valence-electron chi connectivity index (χ3n) is 4.21. The van der Waals surface area contributed by atoms with E-state index >= 15 is 0 Å². The molecule has 1 aromatic rings. The average molecular weight is 326 g/mol. The Balaban J connectivity index is 0.00000242. The van der Waals surface area contributed by atoms with Gasteiger partial charge in [0.05, 0.1) is 5.92 Å². The monoisotopic (exact) mass is 325 g/mol. The van der Waals surface area contributed by atoms with Gasteiger partial charge >= 0.3 is 0 Å². The molecule has 1 heterocycles. The van der Waals surface area contributed by atoms with Crippen LogP contribution in [0.15, 0.2) is 24.3 Å². The molecule has 1 aromatic carbocycles. The van der Waals surface area contributed by atoms with Gasteiger partial charge in [-0.15, -0.1) is 12.4 Å².